The monoisotopic (exact) mass is 363 g/mol. The smallest absolute Gasteiger partial charge is 0.174 e. The van der Waals surface area contributed by atoms with Crippen LogP contribution in [0.1, 0.15) is 35.7 Å². The number of aryl methyl sites for hydroxylation is 2. The standard InChI is InChI=1S/C21H25N5O/c1-15-11-16(2)26(24-15)21-14-22-13-20(23-21)25-9-7-17(8-10-25)18-5-4-6-19(12-18)27-3/h4-6,11-14,17H,7-10H2,1-3H3. The quantitative estimate of drug-likeness (QED) is 0.708. The number of anilines is 1. The van der Waals surface area contributed by atoms with Crippen molar-refractivity contribution in [1.29, 1.82) is 0 Å². The Morgan fingerprint density at radius 1 is 1.04 bits per heavy atom. The highest BCUT2D eigenvalue weighted by Gasteiger charge is 2.22. The summed E-state index contributed by atoms with van der Waals surface area (Å²) in [6.45, 7) is 5.96. The summed E-state index contributed by atoms with van der Waals surface area (Å²) >= 11 is 0. The van der Waals surface area contributed by atoms with Crippen LogP contribution in [-0.4, -0.2) is 39.9 Å². The molecule has 1 fully saturated rings. The van der Waals surface area contributed by atoms with Crippen molar-refractivity contribution in [3.05, 3.63) is 59.7 Å². The molecule has 140 valence electrons. The van der Waals surface area contributed by atoms with Crippen molar-refractivity contribution in [1.82, 2.24) is 19.7 Å². The Morgan fingerprint density at radius 3 is 2.52 bits per heavy atom. The number of aromatic nitrogens is 4. The van der Waals surface area contributed by atoms with Crippen molar-refractivity contribution >= 4 is 5.82 Å². The normalized spacial score (nSPS) is 15.1. The van der Waals surface area contributed by atoms with E-state index in [4.69, 9.17) is 9.72 Å². The van der Waals surface area contributed by atoms with Crippen molar-refractivity contribution in [2.45, 2.75) is 32.6 Å². The van der Waals surface area contributed by atoms with Crippen LogP contribution >= 0.6 is 0 Å². The lowest BCUT2D eigenvalue weighted by Crippen LogP contribution is -2.33. The fourth-order valence-electron chi connectivity index (χ4n) is 3.80. The summed E-state index contributed by atoms with van der Waals surface area (Å²) in [6, 6.07) is 10.5. The summed E-state index contributed by atoms with van der Waals surface area (Å²) in [5, 5.41) is 4.52. The number of hydrogen-bond donors (Lipinski definition) is 0. The Morgan fingerprint density at radius 2 is 1.81 bits per heavy atom. The van der Waals surface area contributed by atoms with Gasteiger partial charge in [-0.3, -0.25) is 4.98 Å². The van der Waals surface area contributed by atoms with Crippen LogP contribution in [-0.2, 0) is 0 Å². The first-order valence-corrected chi connectivity index (χ1v) is 9.38. The first-order chi connectivity index (χ1) is 13.1. The van der Waals surface area contributed by atoms with Gasteiger partial charge < -0.3 is 9.64 Å². The van der Waals surface area contributed by atoms with Crippen LogP contribution < -0.4 is 9.64 Å². The Kier molecular flexibility index (Phi) is 4.79. The fraction of sp³-hybridized carbons (Fsp3) is 0.381. The summed E-state index contributed by atoms with van der Waals surface area (Å²) in [5.74, 6) is 3.18. The second-order valence-corrected chi connectivity index (χ2v) is 7.11. The molecule has 1 aromatic carbocycles. The molecule has 1 aliphatic heterocycles. The van der Waals surface area contributed by atoms with E-state index in [1.807, 2.05) is 36.9 Å². The number of ether oxygens (including phenoxy) is 1. The first-order valence-electron chi connectivity index (χ1n) is 9.38. The van der Waals surface area contributed by atoms with Gasteiger partial charge in [-0.2, -0.15) is 5.10 Å². The highest BCUT2D eigenvalue weighted by atomic mass is 16.5. The van der Waals surface area contributed by atoms with Gasteiger partial charge in [-0.25, -0.2) is 9.67 Å². The molecule has 4 rings (SSSR count). The Hall–Kier alpha value is -2.89. The van der Waals surface area contributed by atoms with E-state index in [2.05, 4.69) is 33.2 Å². The van der Waals surface area contributed by atoms with E-state index >= 15 is 0 Å². The molecule has 0 unspecified atom stereocenters. The molecule has 0 radical (unpaired) electrons. The third kappa shape index (κ3) is 3.65. The van der Waals surface area contributed by atoms with Gasteiger partial charge in [0.25, 0.3) is 0 Å². The molecule has 0 saturated carbocycles. The SMILES string of the molecule is COc1cccc(C2CCN(c3cncc(-n4nc(C)cc4C)n3)CC2)c1. The third-order valence-corrected chi connectivity index (χ3v) is 5.22. The molecule has 6 heteroatoms. The third-order valence-electron chi connectivity index (χ3n) is 5.22. The lowest BCUT2D eigenvalue weighted by Gasteiger charge is -2.33. The zero-order valence-electron chi connectivity index (χ0n) is 16.1. The topological polar surface area (TPSA) is 56.1 Å². The average Bonchev–Trinajstić information content (AvgIpc) is 3.06. The number of nitrogens with zero attached hydrogens (tertiary/aromatic N) is 5. The van der Waals surface area contributed by atoms with E-state index < -0.39 is 0 Å². The van der Waals surface area contributed by atoms with Crippen LogP contribution in [0.4, 0.5) is 5.82 Å². The molecule has 0 bridgehead atoms. The number of methoxy groups -OCH3 is 1. The fourth-order valence-corrected chi connectivity index (χ4v) is 3.80. The van der Waals surface area contributed by atoms with Gasteiger partial charge in [0.15, 0.2) is 5.82 Å². The molecule has 27 heavy (non-hydrogen) atoms. The summed E-state index contributed by atoms with van der Waals surface area (Å²) < 4.78 is 7.22. The number of piperidine rings is 1. The predicted octanol–water partition coefficient (Wildman–Crippen LogP) is 3.67. The Balaban J connectivity index is 1.48. The molecule has 0 aliphatic carbocycles. The zero-order valence-corrected chi connectivity index (χ0v) is 16.1. The maximum Gasteiger partial charge on any atom is 0.174 e. The molecule has 0 spiro atoms. The van der Waals surface area contributed by atoms with Gasteiger partial charge >= 0.3 is 0 Å². The maximum absolute atomic E-state index is 5.37. The van der Waals surface area contributed by atoms with Gasteiger partial charge in [0.2, 0.25) is 0 Å². The van der Waals surface area contributed by atoms with Crippen LogP contribution in [0.25, 0.3) is 5.82 Å². The van der Waals surface area contributed by atoms with Gasteiger partial charge in [-0.1, -0.05) is 12.1 Å². The second-order valence-electron chi connectivity index (χ2n) is 7.11. The number of rotatable bonds is 4. The van der Waals surface area contributed by atoms with E-state index in [1.165, 1.54) is 5.56 Å². The average molecular weight is 363 g/mol. The largest absolute Gasteiger partial charge is 0.497 e. The molecule has 0 amide bonds. The Bertz CT molecular complexity index is 928. The number of benzene rings is 1. The number of hydrogen-bond acceptors (Lipinski definition) is 5. The van der Waals surface area contributed by atoms with Crippen molar-refractivity contribution in [2.75, 3.05) is 25.1 Å². The van der Waals surface area contributed by atoms with Crippen molar-refractivity contribution in [3.8, 4) is 11.6 Å². The maximum atomic E-state index is 5.37. The van der Waals surface area contributed by atoms with Crippen molar-refractivity contribution in [3.63, 3.8) is 0 Å². The molecule has 2 aromatic heterocycles. The van der Waals surface area contributed by atoms with Gasteiger partial charge in [0, 0.05) is 18.8 Å². The summed E-state index contributed by atoms with van der Waals surface area (Å²) in [7, 11) is 1.72. The summed E-state index contributed by atoms with van der Waals surface area (Å²) in [6.07, 6.45) is 5.81. The van der Waals surface area contributed by atoms with Gasteiger partial charge in [-0.15, -0.1) is 0 Å². The highest BCUT2D eigenvalue weighted by Crippen LogP contribution is 2.31. The van der Waals surface area contributed by atoms with Crippen molar-refractivity contribution in [2.24, 2.45) is 0 Å². The van der Waals surface area contributed by atoms with E-state index in [9.17, 15) is 0 Å². The lowest BCUT2D eigenvalue weighted by atomic mass is 9.89. The van der Waals surface area contributed by atoms with Crippen molar-refractivity contribution < 1.29 is 4.74 Å². The van der Waals surface area contributed by atoms with Crippen LogP contribution in [0.2, 0.25) is 0 Å². The molecule has 6 nitrogen and oxygen atoms in total. The van der Waals surface area contributed by atoms with Gasteiger partial charge in [0.05, 0.1) is 25.2 Å². The van der Waals surface area contributed by atoms with Gasteiger partial charge in [0.1, 0.15) is 11.6 Å². The first kappa shape index (κ1) is 17.5. The van der Waals surface area contributed by atoms with E-state index in [1.54, 1.807) is 13.3 Å². The van der Waals surface area contributed by atoms with Crippen LogP contribution in [0.15, 0.2) is 42.7 Å². The van der Waals surface area contributed by atoms with Crippen LogP contribution in [0, 0.1) is 13.8 Å². The molecule has 3 heterocycles. The predicted molar refractivity (Wildman–Crippen MR) is 106 cm³/mol. The highest BCUT2D eigenvalue weighted by molar-refractivity contribution is 5.41. The molecule has 1 aliphatic rings. The van der Waals surface area contributed by atoms with E-state index in [0.29, 0.717) is 5.92 Å². The van der Waals surface area contributed by atoms with E-state index in [-0.39, 0.29) is 0 Å². The zero-order chi connectivity index (χ0) is 18.8. The minimum atomic E-state index is 0.559. The molecular weight excluding hydrogens is 338 g/mol. The van der Waals surface area contributed by atoms with E-state index in [0.717, 1.165) is 54.7 Å². The minimum Gasteiger partial charge on any atom is -0.497 e. The van der Waals surface area contributed by atoms with Crippen LogP contribution in [0.3, 0.4) is 0 Å². The molecular formula is C21H25N5O. The summed E-state index contributed by atoms with van der Waals surface area (Å²) in [5.41, 5.74) is 3.41. The molecule has 0 atom stereocenters. The summed E-state index contributed by atoms with van der Waals surface area (Å²) in [4.78, 5) is 11.5. The molecule has 3 aromatic rings. The molecule has 0 N–H and O–H groups in total. The lowest BCUT2D eigenvalue weighted by molar-refractivity contribution is 0.412. The molecule has 1 saturated heterocycles. The minimum absolute atomic E-state index is 0.559. The Labute approximate surface area is 159 Å². The van der Waals surface area contributed by atoms with Gasteiger partial charge in [-0.05, 0) is 56.4 Å². The van der Waals surface area contributed by atoms with Crippen LogP contribution in [0.5, 0.6) is 5.75 Å². The second kappa shape index (κ2) is 7.39.